The van der Waals surface area contributed by atoms with Crippen LogP contribution in [0.5, 0.6) is 5.75 Å². The van der Waals surface area contributed by atoms with E-state index in [1.165, 1.54) is 12.1 Å². The zero-order valence-electron chi connectivity index (χ0n) is 14.0. The number of alkyl halides is 3. The Morgan fingerprint density at radius 1 is 0.654 bits per heavy atom. The van der Waals surface area contributed by atoms with Crippen LogP contribution in [0.3, 0.4) is 0 Å². The van der Waals surface area contributed by atoms with Crippen LogP contribution in [0.25, 0.3) is 0 Å². The van der Waals surface area contributed by atoms with E-state index in [9.17, 15) is 13.2 Å². The lowest BCUT2D eigenvalue weighted by Crippen LogP contribution is -2.22. The second-order valence-corrected chi connectivity index (χ2v) is 5.87. The standard InChI is InChI=1S/C21H18F3NO/c22-21(23,24)26-20-13-11-19(12-14-20)25(15-17-7-3-1-4-8-17)16-18-9-5-2-6-10-18/h1-14H,15-16H2. The minimum atomic E-state index is -4.69. The molecule has 0 amide bonds. The van der Waals surface area contributed by atoms with Crippen LogP contribution < -0.4 is 9.64 Å². The van der Waals surface area contributed by atoms with Gasteiger partial charge in [0.15, 0.2) is 0 Å². The number of hydrogen-bond acceptors (Lipinski definition) is 2. The fourth-order valence-electron chi connectivity index (χ4n) is 2.70. The Kier molecular flexibility index (Phi) is 5.46. The van der Waals surface area contributed by atoms with Crippen LogP contribution >= 0.6 is 0 Å². The van der Waals surface area contributed by atoms with Gasteiger partial charge in [0.2, 0.25) is 0 Å². The maximum Gasteiger partial charge on any atom is 0.573 e. The molecule has 0 spiro atoms. The van der Waals surface area contributed by atoms with E-state index in [1.54, 1.807) is 12.1 Å². The molecule has 0 fully saturated rings. The lowest BCUT2D eigenvalue weighted by molar-refractivity contribution is -0.274. The molecule has 0 heterocycles. The van der Waals surface area contributed by atoms with Crippen molar-refractivity contribution in [1.29, 1.82) is 0 Å². The second-order valence-electron chi connectivity index (χ2n) is 5.87. The minimum absolute atomic E-state index is 0.222. The molecule has 2 nitrogen and oxygen atoms in total. The van der Waals surface area contributed by atoms with Crippen LogP contribution in [0.1, 0.15) is 11.1 Å². The topological polar surface area (TPSA) is 12.5 Å². The molecule has 0 atom stereocenters. The summed E-state index contributed by atoms with van der Waals surface area (Å²) in [5.41, 5.74) is 3.07. The number of halogens is 3. The van der Waals surface area contributed by atoms with E-state index in [4.69, 9.17) is 0 Å². The summed E-state index contributed by atoms with van der Waals surface area (Å²) in [6.07, 6.45) is -4.69. The predicted octanol–water partition coefficient (Wildman–Crippen LogP) is 5.79. The number of rotatable bonds is 6. The summed E-state index contributed by atoms with van der Waals surface area (Å²) in [5, 5.41) is 0. The quantitative estimate of drug-likeness (QED) is 0.553. The summed E-state index contributed by atoms with van der Waals surface area (Å²) in [4.78, 5) is 2.11. The van der Waals surface area contributed by atoms with Crippen molar-refractivity contribution in [2.75, 3.05) is 4.90 Å². The van der Waals surface area contributed by atoms with Gasteiger partial charge in [-0.1, -0.05) is 60.7 Å². The number of anilines is 1. The fraction of sp³-hybridized carbons (Fsp3) is 0.143. The molecule has 0 N–H and O–H groups in total. The third kappa shape index (κ3) is 5.28. The van der Waals surface area contributed by atoms with Crippen molar-refractivity contribution in [1.82, 2.24) is 0 Å². The van der Waals surface area contributed by atoms with E-state index >= 15 is 0 Å². The number of ether oxygens (including phenoxy) is 1. The largest absolute Gasteiger partial charge is 0.573 e. The lowest BCUT2D eigenvalue weighted by atomic mass is 10.1. The van der Waals surface area contributed by atoms with Gasteiger partial charge in [-0.2, -0.15) is 0 Å². The molecule has 0 saturated carbocycles. The van der Waals surface area contributed by atoms with Gasteiger partial charge in [-0.3, -0.25) is 0 Å². The predicted molar refractivity (Wildman–Crippen MR) is 95.9 cm³/mol. The van der Waals surface area contributed by atoms with Crippen molar-refractivity contribution in [2.24, 2.45) is 0 Å². The van der Waals surface area contributed by atoms with Crippen molar-refractivity contribution in [3.8, 4) is 5.75 Å². The lowest BCUT2D eigenvalue weighted by Gasteiger charge is -2.25. The van der Waals surface area contributed by atoms with Crippen LogP contribution in [0, 0.1) is 0 Å². The molecule has 5 heteroatoms. The third-order valence-corrected chi connectivity index (χ3v) is 3.87. The molecule has 0 aromatic heterocycles. The normalized spacial score (nSPS) is 11.2. The number of benzene rings is 3. The minimum Gasteiger partial charge on any atom is -0.406 e. The van der Waals surface area contributed by atoms with Gasteiger partial charge in [-0.15, -0.1) is 13.2 Å². The molecule has 3 rings (SSSR count). The summed E-state index contributed by atoms with van der Waals surface area (Å²) in [6.45, 7) is 1.30. The maximum atomic E-state index is 12.3. The summed E-state index contributed by atoms with van der Waals surface area (Å²) in [7, 11) is 0. The summed E-state index contributed by atoms with van der Waals surface area (Å²) in [6, 6.07) is 25.9. The first-order chi connectivity index (χ1) is 12.5. The number of hydrogen-bond donors (Lipinski definition) is 0. The Bertz CT molecular complexity index is 761. The Morgan fingerprint density at radius 3 is 1.54 bits per heavy atom. The summed E-state index contributed by atoms with van der Waals surface area (Å²) in [5.74, 6) is -0.222. The molecule has 3 aromatic rings. The Labute approximate surface area is 150 Å². The first-order valence-electron chi connectivity index (χ1n) is 8.18. The SMILES string of the molecule is FC(F)(F)Oc1ccc(N(Cc2ccccc2)Cc2ccccc2)cc1. The molecule has 0 aliphatic heterocycles. The van der Waals surface area contributed by atoms with Crippen molar-refractivity contribution in [3.05, 3.63) is 96.1 Å². The molecule has 0 aliphatic carbocycles. The Hall–Kier alpha value is -2.95. The van der Waals surface area contributed by atoms with Crippen LogP contribution in [0.2, 0.25) is 0 Å². The molecule has 0 saturated heterocycles. The number of nitrogens with zero attached hydrogens (tertiary/aromatic N) is 1. The van der Waals surface area contributed by atoms with E-state index in [-0.39, 0.29) is 5.75 Å². The van der Waals surface area contributed by atoms with E-state index in [0.29, 0.717) is 13.1 Å². The van der Waals surface area contributed by atoms with Gasteiger partial charge in [-0.25, -0.2) is 0 Å². The Balaban J connectivity index is 1.82. The van der Waals surface area contributed by atoms with Crippen molar-refractivity contribution in [2.45, 2.75) is 19.5 Å². The highest BCUT2D eigenvalue weighted by molar-refractivity contribution is 5.50. The van der Waals surface area contributed by atoms with Gasteiger partial charge in [0.25, 0.3) is 0 Å². The van der Waals surface area contributed by atoms with Crippen molar-refractivity contribution >= 4 is 5.69 Å². The molecular formula is C21H18F3NO. The highest BCUT2D eigenvalue weighted by atomic mass is 19.4. The van der Waals surface area contributed by atoms with Crippen LogP contribution in [-0.4, -0.2) is 6.36 Å². The summed E-state index contributed by atoms with van der Waals surface area (Å²) >= 11 is 0. The molecule has 0 unspecified atom stereocenters. The fourth-order valence-corrected chi connectivity index (χ4v) is 2.70. The van der Waals surface area contributed by atoms with E-state index in [0.717, 1.165) is 16.8 Å². The molecule has 3 aromatic carbocycles. The van der Waals surface area contributed by atoms with Gasteiger partial charge < -0.3 is 9.64 Å². The van der Waals surface area contributed by atoms with Crippen molar-refractivity contribution < 1.29 is 17.9 Å². The van der Waals surface area contributed by atoms with E-state index in [2.05, 4.69) is 9.64 Å². The highest BCUT2D eigenvalue weighted by Gasteiger charge is 2.31. The highest BCUT2D eigenvalue weighted by Crippen LogP contribution is 2.27. The van der Waals surface area contributed by atoms with Gasteiger partial charge in [0.05, 0.1) is 0 Å². The van der Waals surface area contributed by atoms with E-state index < -0.39 is 6.36 Å². The first kappa shape index (κ1) is 17.9. The van der Waals surface area contributed by atoms with Crippen molar-refractivity contribution in [3.63, 3.8) is 0 Å². The molecular weight excluding hydrogens is 339 g/mol. The average molecular weight is 357 g/mol. The molecule has 0 aliphatic rings. The van der Waals surface area contributed by atoms with Crippen LogP contribution in [0.4, 0.5) is 18.9 Å². The smallest absolute Gasteiger partial charge is 0.406 e. The monoisotopic (exact) mass is 357 g/mol. The average Bonchev–Trinajstić information content (AvgIpc) is 2.62. The Morgan fingerprint density at radius 2 is 1.12 bits per heavy atom. The first-order valence-corrected chi connectivity index (χ1v) is 8.18. The molecule has 0 bridgehead atoms. The third-order valence-electron chi connectivity index (χ3n) is 3.87. The molecule has 0 radical (unpaired) electrons. The molecule has 134 valence electrons. The van der Waals surface area contributed by atoms with E-state index in [1.807, 2.05) is 60.7 Å². The zero-order valence-corrected chi connectivity index (χ0v) is 14.0. The maximum absolute atomic E-state index is 12.3. The zero-order chi connectivity index (χ0) is 18.4. The molecule has 26 heavy (non-hydrogen) atoms. The van der Waals surface area contributed by atoms with Gasteiger partial charge in [-0.05, 0) is 35.4 Å². The summed E-state index contributed by atoms with van der Waals surface area (Å²) < 4.78 is 41.0. The second kappa shape index (κ2) is 7.95. The van der Waals surface area contributed by atoms with Gasteiger partial charge >= 0.3 is 6.36 Å². The van der Waals surface area contributed by atoms with Crippen LogP contribution in [0.15, 0.2) is 84.9 Å². The van der Waals surface area contributed by atoms with Gasteiger partial charge in [0.1, 0.15) is 5.75 Å². The van der Waals surface area contributed by atoms with Gasteiger partial charge in [0, 0.05) is 18.8 Å². The van der Waals surface area contributed by atoms with Crippen LogP contribution in [-0.2, 0) is 13.1 Å².